The van der Waals surface area contributed by atoms with Gasteiger partial charge < -0.3 is 9.47 Å². The van der Waals surface area contributed by atoms with Crippen molar-refractivity contribution in [3.05, 3.63) is 0 Å². The number of hydrogen-bond donors (Lipinski definition) is 0. The molecule has 1 aliphatic rings. The summed E-state index contributed by atoms with van der Waals surface area (Å²) in [5, 5.41) is 0. The summed E-state index contributed by atoms with van der Waals surface area (Å²) in [4.78, 5) is 33.2. The molecule has 5 nitrogen and oxygen atoms in total. The Bertz CT molecular complexity index is 335. The van der Waals surface area contributed by atoms with Crippen LogP contribution in [-0.2, 0) is 23.9 Å². The molecule has 1 aliphatic carbocycles. The molecule has 20 heavy (non-hydrogen) atoms. The van der Waals surface area contributed by atoms with Crippen molar-refractivity contribution in [2.75, 3.05) is 13.2 Å². The van der Waals surface area contributed by atoms with Crippen molar-refractivity contribution in [2.24, 2.45) is 5.92 Å². The molecule has 0 aromatic heterocycles. The lowest BCUT2D eigenvalue weighted by molar-refractivity contribution is -0.161. The van der Waals surface area contributed by atoms with Crippen molar-refractivity contribution in [3.63, 3.8) is 0 Å². The van der Waals surface area contributed by atoms with Gasteiger partial charge in [-0.25, -0.2) is 9.59 Å². The van der Waals surface area contributed by atoms with Gasteiger partial charge in [-0.05, 0) is 20.3 Å². The fraction of sp³-hybridized carbons (Fsp3) is 0.786. The second-order valence-electron chi connectivity index (χ2n) is 4.13. The normalized spacial score (nSPS) is 18.1. The molecule has 0 bridgehead atoms. The standard InChI is InChI=1S/C12H17ClO5.C2H6/c1-3-17-10(15)12(13,11(16)18-4-2)8-5-6-9(14)7-8;1-2/h8H,3-7H2,1-2H3;1-2H3. The van der Waals surface area contributed by atoms with Crippen molar-refractivity contribution in [2.45, 2.75) is 51.8 Å². The molecule has 0 N–H and O–H groups in total. The molecule has 0 heterocycles. The third kappa shape index (κ3) is 4.20. The maximum Gasteiger partial charge on any atom is 0.339 e. The Morgan fingerprint density at radius 2 is 1.65 bits per heavy atom. The molecule has 6 heteroatoms. The van der Waals surface area contributed by atoms with E-state index in [0.29, 0.717) is 12.8 Å². The van der Waals surface area contributed by atoms with Crippen LogP contribution in [0.1, 0.15) is 47.0 Å². The fourth-order valence-electron chi connectivity index (χ4n) is 2.04. The van der Waals surface area contributed by atoms with Crippen LogP contribution in [0.5, 0.6) is 0 Å². The summed E-state index contributed by atoms with van der Waals surface area (Å²) in [5.74, 6) is -2.21. The minimum Gasteiger partial charge on any atom is -0.464 e. The van der Waals surface area contributed by atoms with Crippen LogP contribution in [-0.4, -0.2) is 35.8 Å². The lowest BCUT2D eigenvalue weighted by atomic mass is 9.89. The number of esters is 2. The van der Waals surface area contributed by atoms with Gasteiger partial charge in [-0.1, -0.05) is 25.4 Å². The highest BCUT2D eigenvalue weighted by Crippen LogP contribution is 2.39. The zero-order valence-corrected chi connectivity index (χ0v) is 13.3. The summed E-state index contributed by atoms with van der Waals surface area (Å²) in [5.41, 5.74) is 0. The quantitative estimate of drug-likeness (QED) is 0.443. The van der Waals surface area contributed by atoms with Crippen LogP contribution in [0.3, 0.4) is 0 Å². The Labute approximate surface area is 124 Å². The first-order chi connectivity index (χ1) is 9.46. The average molecular weight is 307 g/mol. The van der Waals surface area contributed by atoms with Gasteiger partial charge in [0.25, 0.3) is 0 Å². The fourth-order valence-corrected chi connectivity index (χ4v) is 2.34. The molecule has 0 amide bonds. The molecule has 0 spiro atoms. The average Bonchev–Trinajstić information content (AvgIpc) is 2.87. The zero-order valence-electron chi connectivity index (χ0n) is 12.5. The van der Waals surface area contributed by atoms with Crippen molar-refractivity contribution in [1.29, 1.82) is 0 Å². The van der Waals surface area contributed by atoms with E-state index >= 15 is 0 Å². The van der Waals surface area contributed by atoms with Crippen LogP contribution in [0.15, 0.2) is 0 Å². The van der Waals surface area contributed by atoms with E-state index in [0.717, 1.165) is 0 Å². The highest BCUT2D eigenvalue weighted by molar-refractivity contribution is 6.45. The molecular weight excluding hydrogens is 284 g/mol. The number of halogens is 1. The smallest absolute Gasteiger partial charge is 0.339 e. The van der Waals surface area contributed by atoms with Crippen LogP contribution in [0.25, 0.3) is 0 Å². The predicted octanol–water partition coefficient (Wildman–Crippen LogP) is 2.49. The topological polar surface area (TPSA) is 69.7 Å². The van der Waals surface area contributed by atoms with E-state index in [-0.39, 0.29) is 25.4 Å². The van der Waals surface area contributed by atoms with Crippen molar-refractivity contribution >= 4 is 29.3 Å². The molecule has 1 unspecified atom stereocenters. The summed E-state index contributed by atoms with van der Waals surface area (Å²) in [6, 6.07) is 0. The summed E-state index contributed by atoms with van der Waals surface area (Å²) < 4.78 is 9.68. The zero-order chi connectivity index (χ0) is 15.8. The second kappa shape index (κ2) is 8.95. The molecule has 116 valence electrons. The molecule has 1 saturated carbocycles. The predicted molar refractivity (Wildman–Crippen MR) is 75.5 cm³/mol. The van der Waals surface area contributed by atoms with E-state index < -0.39 is 22.7 Å². The Morgan fingerprint density at radius 1 is 1.20 bits per heavy atom. The Kier molecular flexibility index (Phi) is 8.46. The van der Waals surface area contributed by atoms with Gasteiger partial charge in [-0.3, -0.25) is 4.79 Å². The van der Waals surface area contributed by atoms with E-state index in [1.54, 1.807) is 13.8 Å². The second-order valence-corrected chi connectivity index (χ2v) is 4.73. The summed E-state index contributed by atoms with van der Waals surface area (Å²) >= 11 is 6.17. The van der Waals surface area contributed by atoms with Gasteiger partial charge in [0.1, 0.15) is 5.78 Å². The highest BCUT2D eigenvalue weighted by Gasteiger charge is 2.55. The van der Waals surface area contributed by atoms with Crippen LogP contribution >= 0.6 is 11.6 Å². The first-order valence-corrected chi connectivity index (χ1v) is 7.39. The maximum absolute atomic E-state index is 11.9. The molecule has 1 atom stereocenters. The molecule has 0 aliphatic heterocycles. The van der Waals surface area contributed by atoms with Crippen LogP contribution < -0.4 is 0 Å². The van der Waals surface area contributed by atoms with E-state index in [9.17, 15) is 14.4 Å². The van der Waals surface area contributed by atoms with Gasteiger partial charge in [0.05, 0.1) is 13.2 Å². The summed E-state index contributed by atoms with van der Waals surface area (Å²) in [6.07, 6.45) is 0.846. The lowest BCUT2D eigenvalue weighted by Crippen LogP contribution is -2.49. The number of Topliss-reactive ketones (excluding diaryl/α,β-unsaturated/α-hetero) is 1. The number of carbonyl (C=O) groups is 3. The monoisotopic (exact) mass is 306 g/mol. The molecule has 0 aromatic carbocycles. The highest BCUT2D eigenvalue weighted by atomic mass is 35.5. The molecule has 0 radical (unpaired) electrons. The van der Waals surface area contributed by atoms with Crippen molar-refractivity contribution in [1.82, 2.24) is 0 Å². The Balaban J connectivity index is 0.00000172. The third-order valence-corrected chi connectivity index (χ3v) is 3.57. The molecular formula is C14H23ClO5. The van der Waals surface area contributed by atoms with Crippen molar-refractivity contribution in [3.8, 4) is 0 Å². The number of hydrogen-bond acceptors (Lipinski definition) is 5. The minimum absolute atomic E-state index is 0.00128. The van der Waals surface area contributed by atoms with Gasteiger partial charge in [-0.15, -0.1) is 0 Å². The summed E-state index contributed by atoms with van der Waals surface area (Å²) in [6.45, 7) is 7.49. The first-order valence-electron chi connectivity index (χ1n) is 7.01. The maximum atomic E-state index is 11.9. The number of rotatable bonds is 5. The largest absolute Gasteiger partial charge is 0.464 e. The van der Waals surface area contributed by atoms with E-state index in [4.69, 9.17) is 21.1 Å². The first kappa shape index (κ1) is 18.9. The van der Waals surface area contributed by atoms with E-state index in [1.807, 2.05) is 13.8 Å². The van der Waals surface area contributed by atoms with Crippen LogP contribution in [0, 0.1) is 5.92 Å². The van der Waals surface area contributed by atoms with Crippen molar-refractivity contribution < 1.29 is 23.9 Å². The third-order valence-electron chi connectivity index (χ3n) is 2.95. The molecule has 0 aromatic rings. The van der Waals surface area contributed by atoms with E-state index in [2.05, 4.69) is 0 Å². The Hall–Kier alpha value is -1.10. The molecule has 0 saturated heterocycles. The molecule has 1 fully saturated rings. The van der Waals surface area contributed by atoms with Gasteiger partial charge in [0.2, 0.25) is 4.87 Å². The Morgan fingerprint density at radius 3 is 1.95 bits per heavy atom. The lowest BCUT2D eigenvalue weighted by Gasteiger charge is -2.27. The van der Waals surface area contributed by atoms with Crippen LogP contribution in [0.4, 0.5) is 0 Å². The number of ether oxygens (including phenoxy) is 2. The van der Waals surface area contributed by atoms with Crippen LogP contribution in [0.2, 0.25) is 0 Å². The number of carbonyl (C=O) groups excluding carboxylic acids is 3. The molecule has 1 rings (SSSR count). The SMILES string of the molecule is CC.CCOC(=O)C(Cl)(C(=O)OCC)C1CCC(=O)C1. The number of alkyl halides is 1. The van der Waals surface area contributed by atoms with Gasteiger partial charge >= 0.3 is 11.9 Å². The van der Waals surface area contributed by atoms with Gasteiger partial charge in [0.15, 0.2) is 0 Å². The van der Waals surface area contributed by atoms with Gasteiger partial charge in [0, 0.05) is 18.8 Å². The van der Waals surface area contributed by atoms with Gasteiger partial charge in [-0.2, -0.15) is 0 Å². The van der Waals surface area contributed by atoms with E-state index in [1.165, 1.54) is 0 Å². The summed E-state index contributed by atoms with van der Waals surface area (Å²) in [7, 11) is 0. The number of ketones is 1. The minimum atomic E-state index is -1.89.